The van der Waals surface area contributed by atoms with E-state index in [4.69, 9.17) is 0 Å². The van der Waals surface area contributed by atoms with E-state index in [1.54, 1.807) is 0 Å². The highest BCUT2D eigenvalue weighted by molar-refractivity contribution is 5.73. The molecule has 2 rings (SSSR count). The topological polar surface area (TPSA) is 15.3 Å². The van der Waals surface area contributed by atoms with E-state index in [2.05, 4.69) is 5.32 Å². The number of rotatable bonds is 1. The van der Waals surface area contributed by atoms with Crippen molar-refractivity contribution in [2.75, 3.05) is 23.8 Å². The smallest absolute Gasteiger partial charge is 0.151 e. The van der Waals surface area contributed by atoms with Gasteiger partial charge in [0.25, 0.3) is 0 Å². The molecule has 1 N–H and O–H groups in total. The summed E-state index contributed by atoms with van der Waals surface area (Å²) in [6.07, 6.45) is 0.932. The molecule has 1 heterocycles. The molecule has 82 valence electrons. The Morgan fingerprint density at radius 2 is 2.20 bits per heavy atom. The summed E-state index contributed by atoms with van der Waals surface area (Å²) in [7, 11) is 1.82. The highest BCUT2D eigenvalue weighted by Crippen LogP contribution is 2.33. The summed E-state index contributed by atoms with van der Waals surface area (Å²) in [6, 6.07) is 2.52. The number of fused-ring (bicyclic) bond motifs is 1. The third-order valence-electron chi connectivity index (χ3n) is 2.76. The van der Waals surface area contributed by atoms with Gasteiger partial charge in [-0.3, -0.25) is 0 Å². The second kappa shape index (κ2) is 3.68. The van der Waals surface area contributed by atoms with Crippen molar-refractivity contribution in [2.45, 2.75) is 19.4 Å². The lowest BCUT2D eigenvalue weighted by molar-refractivity contribution is 0.570. The molecular weight excluding hydrogens is 198 g/mol. The van der Waals surface area contributed by atoms with Crippen LogP contribution in [0.25, 0.3) is 0 Å². The minimum Gasteiger partial charge on any atom is -0.379 e. The first-order valence-electron chi connectivity index (χ1n) is 5.08. The maximum atomic E-state index is 13.5. The molecule has 0 aliphatic carbocycles. The Kier molecular flexibility index (Phi) is 2.50. The molecule has 0 saturated heterocycles. The molecule has 0 fully saturated rings. The fraction of sp³-hybridized carbons (Fsp3) is 0.455. The third-order valence-corrected chi connectivity index (χ3v) is 2.76. The van der Waals surface area contributed by atoms with Crippen molar-refractivity contribution in [2.24, 2.45) is 0 Å². The first kappa shape index (κ1) is 10.2. The standard InChI is InChI=1S/C11H14F2N2/c1-3-8-6-15(2)11-9(13)4-7(12)5-10(11)14-8/h4-5,8,14H,3,6H2,1-2H3. The lowest BCUT2D eigenvalue weighted by Gasteiger charge is -2.34. The largest absolute Gasteiger partial charge is 0.379 e. The van der Waals surface area contributed by atoms with Gasteiger partial charge in [-0.2, -0.15) is 0 Å². The molecule has 0 saturated carbocycles. The van der Waals surface area contributed by atoms with Crippen molar-refractivity contribution in [1.29, 1.82) is 0 Å². The first-order valence-corrected chi connectivity index (χ1v) is 5.08. The van der Waals surface area contributed by atoms with E-state index in [0.29, 0.717) is 11.4 Å². The van der Waals surface area contributed by atoms with Gasteiger partial charge in [0.15, 0.2) is 5.82 Å². The van der Waals surface area contributed by atoms with E-state index in [1.807, 2.05) is 18.9 Å². The Labute approximate surface area is 87.9 Å². The van der Waals surface area contributed by atoms with Crippen molar-refractivity contribution >= 4 is 11.4 Å². The average Bonchev–Trinajstić information content (AvgIpc) is 2.15. The predicted molar refractivity (Wildman–Crippen MR) is 57.3 cm³/mol. The number of nitrogens with zero attached hydrogens (tertiary/aromatic N) is 1. The number of likely N-dealkylation sites (N-methyl/N-ethyl adjacent to an activating group) is 1. The zero-order valence-corrected chi connectivity index (χ0v) is 8.85. The van der Waals surface area contributed by atoms with Gasteiger partial charge in [-0.25, -0.2) is 8.78 Å². The monoisotopic (exact) mass is 212 g/mol. The van der Waals surface area contributed by atoms with Crippen molar-refractivity contribution in [1.82, 2.24) is 0 Å². The molecule has 2 nitrogen and oxygen atoms in total. The summed E-state index contributed by atoms with van der Waals surface area (Å²) < 4.78 is 26.5. The van der Waals surface area contributed by atoms with Crippen LogP contribution in [0.5, 0.6) is 0 Å². The number of halogens is 2. The molecule has 4 heteroatoms. The molecule has 0 aromatic heterocycles. The van der Waals surface area contributed by atoms with Crippen molar-refractivity contribution in [3.05, 3.63) is 23.8 Å². The molecule has 0 radical (unpaired) electrons. The molecule has 1 aromatic carbocycles. The Morgan fingerprint density at radius 3 is 2.87 bits per heavy atom. The van der Waals surface area contributed by atoms with Gasteiger partial charge in [-0.1, -0.05) is 6.92 Å². The molecule has 15 heavy (non-hydrogen) atoms. The summed E-state index contributed by atoms with van der Waals surface area (Å²) >= 11 is 0. The van der Waals surface area contributed by atoms with Gasteiger partial charge in [0.05, 0.1) is 11.4 Å². The summed E-state index contributed by atoms with van der Waals surface area (Å²) in [5, 5.41) is 3.14. The van der Waals surface area contributed by atoms with E-state index < -0.39 is 11.6 Å². The lowest BCUT2D eigenvalue weighted by Crippen LogP contribution is -2.39. The summed E-state index contributed by atoms with van der Waals surface area (Å²) in [4.78, 5) is 1.83. The summed E-state index contributed by atoms with van der Waals surface area (Å²) in [6.45, 7) is 2.79. The van der Waals surface area contributed by atoms with Crippen LogP contribution in [0.3, 0.4) is 0 Å². The van der Waals surface area contributed by atoms with Crippen LogP contribution < -0.4 is 10.2 Å². The van der Waals surface area contributed by atoms with E-state index in [-0.39, 0.29) is 6.04 Å². The molecule has 1 aliphatic rings. The molecule has 0 amide bonds. The fourth-order valence-corrected chi connectivity index (χ4v) is 1.98. The van der Waals surface area contributed by atoms with Gasteiger partial charge < -0.3 is 10.2 Å². The molecule has 1 aliphatic heterocycles. The van der Waals surface area contributed by atoms with Gasteiger partial charge in [0, 0.05) is 25.7 Å². The molecule has 0 spiro atoms. The van der Waals surface area contributed by atoms with Gasteiger partial charge in [0.2, 0.25) is 0 Å². The summed E-state index contributed by atoms with van der Waals surface area (Å²) in [5.74, 6) is -1.04. The molecule has 1 unspecified atom stereocenters. The van der Waals surface area contributed by atoms with Crippen LogP contribution in [0.2, 0.25) is 0 Å². The van der Waals surface area contributed by atoms with Crippen LogP contribution in [0, 0.1) is 11.6 Å². The molecular formula is C11H14F2N2. The minimum absolute atomic E-state index is 0.253. The van der Waals surface area contributed by atoms with Gasteiger partial charge in [-0.15, -0.1) is 0 Å². The highest BCUT2D eigenvalue weighted by Gasteiger charge is 2.23. The average molecular weight is 212 g/mol. The molecule has 1 aromatic rings. The van der Waals surface area contributed by atoms with Gasteiger partial charge in [0.1, 0.15) is 5.82 Å². The van der Waals surface area contributed by atoms with Crippen LogP contribution in [0.1, 0.15) is 13.3 Å². The minimum atomic E-state index is -0.538. The second-order valence-electron chi connectivity index (χ2n) is 3.91. The maximum absolute atomic E-state index is 13.5. The fourth-order valence-electron chi connectivity index (χ4n) is 1.98. The van der Waals surface area contributed by atoms with Crippen LogP contribution >= 0.6 is 0 Å². The molecule has 1 atom stereocenters. The zero-order chi connectivity index (χ0) is 11.0. The van der Waals surface area contributed by atoms with Crippen LogP contribution in [0.15, 0.2) is 12.1 Å². The predicted octanol–water partition coefficient (Wildman–Crippen LogP) is 2.61. The summed E-state index contributed by atoms with van der Waals surface area (Å²) in [5.41, 5.74) is 1.01. The first-order chi connectivity index (χ1) is 7.11. The highest BCUT2D eigenvalue weighted by atomic mass is 19.1. The maximum Gasteiger partial charge on any atom is 0.151 e. The van der Waals surface area contributed by atoms with E-state index >= 15 is 0 Å². The van der Waals surface area contributed by atoms with Crippen molar-refractivity contribution in [3.63, 3.8) is 0 Å². The number of hydrogen-bond donors (Lipinski definition) is 1. The van der Waals surface area contributed by atoms with Gasteiger partial charge in [-0.05, 0) is 12.5 Å². The van der Waals surface area contributed by atoms with E-state index in [0.717, 1.165) is 19.0 Å². The number of hydrogen-bond acceptors (Lipinski definition) is 2. The quantitative estimate of drug-likeness (QED) is 0.769. The Morgan fingerprint density at radius 1 is 1.47 bits per heavy atom. The number of anilines is 2. The second-order valence-corrected chi connectivity index (χ2v) is 3.91. The van der Waals surface area contributed by atoms with Crippen LogP contribution in [-0.2, 0) is 0 Å². The van der Waals surface area contributed by atoms with Gasteiger partial charge >= 0.3 is 0 Å². The Bertz CT molecular complexity index is 379. The third kappa shape index (κ3) is 1.76. The Balaban J connectivity index is 2.45. The van der Waals surface area contributed by atoms with E-state index in [1.165, 1.54) is 6.07 Å². The zero-order valence-electron chi connectivity index (χ0n) is 8.85. The van der Waals surface area contributed by atoms with Crippen molar-refractivity contribution in [3.8, 4) is 0 Å². The Hall–Kier alpha value is -1.32. The number of benzene rings is 1. The van der Waals surface area contributed by atoms with Crippen LogP contribution in [0.4, 0.5) is 20.2 Å². The number of nitrogens with one attached hydrogen (secondary N) is 1. The van der Waals surface area contributed by atoms with Crippen molar-refractivity contribution < 1.29 is 8.78 Å². The van der Waals surface area contributed by atoms with E-state index in [9.17, 15) is 8.78 Å². The lowest BCUT2D eigenvalue weighted by atomic mass is 10.1. The SMILES string of the molecule is CCC1CN(C)c2c(F)cc(F)cc2N1. The van der Waals surface area contributed by atoms with Crippen LogP contribution in [-0.4, -0.2) is 19.6 Å². The normalized spacial score (nSPS) is 19.7. The molecule has 0 bridgehead atoms.